The van der Waals surface area contributed by atoms with Crippen molar-refractivity contribution in [1.29, 1.82) is 5.26 Å². The fourth-order valence-corrected chi connectivity index (χ4v) is 8.62. The zero-order chi connectivity index (χ0) is 29.2. The van der Waals surface area contributed by atoms with Crippen LogP contribution in [0, 0.1) is 11.3 Å². The Morgan fingerprint density at radius 3 is 2.93 bits per heavy atom. The molecule has 11 nitrogen and oxygen atoms in total. The Morgan fingerprint density at radius 1 is 1.33 bits per heavy atom. The number of thiophene rings is 1. The van der Waals surface area contributed by atoms with E-state index in [1.807, 2.05) is 18.9 Å². The summed E-state index contributed by atoms with van der Waals surface area (Å²) in [6.45, 7) is 5.28. The van der Waals surface area contributed by atoms with E-state index in [-0.39, 0.29) is 40.6 Å². The summed E-state index contributed by atoms with van der Waals surface area (Å²) in [7, 11) is 1.85. The molecule has 1 unspecified atom stereocenters. The molecule has 220 valence electrons. The number of ether oxygens (including phenoxy) is 1. The average Bonchev–Trinajstić information content (AvgIpc) is 3.70. The summed E-state index contributed by atoms with van der Waals surface area (Å²) < 4.78 is 20.7. The van der Waals surface area contributed by atoms with Crippen molar-refractivity contribution in [1.82, 2.24) is 35.4 Å². The molecular formula is C28H32ClFN10OS. The number of alkyl halides is 1. The largest absolute Gasteiger partial charge is 0.461 e. The SMILES string of the molecule is CC(c1cc(Cl)nnc1N)N(C)c1nc(OC[C@@]23CCCN2C[C@H](F)C3)nc(-c2sc3c(c2C#N)C2(CC3)CNC2)n1. The fraction of sp³-hybridized carbons (Fsp3) is 0.571. The lowest BCUT2D eigenvalue weighted by Crippen LogP contribution is -2.55. The molecule has 4 aliphatic rings. The predicted molar refractivity (Wildman–Crippen MR) is 158 cm³/mol. The highest BCUT2D eigenvalue weighted by molar-refractivity contribution is 7.16. The van der Waals surface area contributed by atoms with Crippen molar-refractivity contribution in [3.8, 4) is 22.8 Å². The third-order valence-electron chi connectivity index (χ3n) is 9.59. The van der Waals surface area contributed by atoms with Gasteiger partial charge in [0.1, 0.15) is 18.8 Å². The highest BCUT2D eigenvalue weighted by atomic mass is 35.5. The van der Waals surface area contributed by atoms with Crippen molar-refractivity contribution in [3.05, 3.63) is 32.8 Å². The smallest absolute Gasteiger partial charge is 0.321 e. The Kier molecular flexibility index (Phi) is 6.73. The minimum absolute atomic E-state index is 0.0112. The first-order valence-electron chi connectivity index (χ1n) is 14.3. The van der Waals surface area contributed by atoms with E-state index in [2.05, 4.69) is 26.5 Å². The number of nitrogen functional groups attached to an aromatic ring is 1. The third-order valence-corrected chi connectivity index (χ3v) is 11.0. The summed E-state index contributed by atoms with van der Waals surface area (Å²) in [5.74, 6) is 0.998. The van der Waals surface area contributed by atoms with E-state index in [1.165, 1.54) is 4.88 Å². The third kappa shape index (κ3) is 4.38. The highest BCUT2D eigenvalue weighted by Gasteiger charge is 2.50. The molecule has 3 aromatic rings. The van der Waals surface area contributed by atoms with Crippen LogP contribution >= 0.6 is 22.9 Å². The Morgan fingerprint density at radius 2 is 2.17 bits per heavy atom. The van der Waals surface area contributed by atoms with Crippen LogP contribution in [-0.4, -0.2) is 81.6 Å². The van der Waals surface area contributed by atoms with Gasteiger partial charge < -0.3 is 20.7 Å². The Hall–Kier alpha value is -3.18. The zero-order valence-electron chi connectivity index (χ0n) is 23.5. The minimum Gasteiger partial charge on any atom is -0.461 e. The van der Waals surface area contributed by atoms with Crippen molar-refractivity contribution >= 4 is 34.7 Å². The van der Waals surface area contributed by atoms with E-state index >= 15 is 0 Å². The van der Waals surface area contributed by atoms with Crippen molar-refractivity contribution in [2.75, 3.05) is 50.5 Å². The van der Waals surface area contributed by atoms with Crippen molar-refractivity contribution in [2.45, 2.75) is 62.2 Å². The lowest BCUT2D eigenvalue weighted by molar-refractivity contribution is 0.107. The van der Waals surface area contributed by atoms with Crippen LogP contribution < -0.4 is 20.7 Å². The molecule has 0 saturated carbocycles. The van der Waals surface area contributed by atoms with Crippen molar-refractivity contribution < 1.29 is 9.13 Å². The van der Waals surface area contributed by atoms with E-state index in [9.17, 15) is 9.65 Å². The van der Waals surface area contributed by atoms with E-state index in [1.54, 1.807) is 17.4 Å². The van der Waals surface area contributed by atoms with Crippen molar-refractivity contribution in [2.24, 2.45) is 0 Å². The van der Waals surface area contributed by atoms with Gasteiger partial charge in [-0.25, -0.2) is 4.39 Å². The molecule has 14 heteroatoms. The molecule has 6 heterocycles. The normalized spacial score (nSPS) is 24.7. The Balaban J connectivity index is 1.28. The van der Waals surface area contributed by atoms with Gasteiger partial charge in [0, 0.05) is 49.0 Å². The van der Waals surface area contributed by atoms with Crippen LogP contribution in [0.25, 0.3) is 10.7 Å². The number of nitrogens with one attached hydrogen (secondary N) is 1. The number of halogens is 2. The molecule has 3 saturated heterocycles. The molecule has 3 aliphatic heterocycles. The quantitative estimate of drug-likeness (QED) is 0.406. The maximum Gasteiger partial charge on any atom is 0.321 e. The lowest BCUT2D eigenvalue weighted by Gasteiger charge is -2.40. The molecule has 0 bridgehead atoms. The molecule has 1 aliphatic carbocycles. The van der Waals surface area contributed by atoms with Crippen LogP contribution in [0.5, 0.6) is 6.01 Å². The summed E-state index contributed by atoms with van der Waals surface area (Å²) >= 11 is 7.72. The molecule has 3 N–H and O–H groups in total. The van der Waals surface area contributed by atoms with E-state index in [0.29, 0.717) is 35.9 Å². The Labute approximate surface area is 252 Å². The standard InChI is InChI=1S/C28H32ClFN10OS/c1-15(17-8-20(29)37-38-23(17)32)39(2)25-34-24(22-18(10-31)21-19(42-22)4-6-27(21)12-33-13-27)35-26(36-25)41-14-28-5-3-7-40(28)11-16(30)9-28/h8,15-16,33H,3-7,9,11-14H2,1-2H3,(H2,32,38)/t15?,16-,28+/m1/s1. The second kappa shape index (κ2) is 10.2. The second-order valence-electron chi connectivity index (χ2n) is 12.0. The number of nitrogens with two attached hydrogens (primary N) is 1. The van der Waals surface area contributed by atoms with Gasteiger partial charge >= 0.3 is 6.01 Å². The zero-order valence-corrected chi connectivity index (χ0v) is 25.1. The number of rotatable bonds is 7. The van der Waals surface area contributed by atoms with Crippen LogP contribution in [0.1, 0.15) is 60.2 Å². The fourth-order valence-electron chi connectivity index (χ4n) is 7.16. The van der Waals surface area contributed by atoms with E-state index in [0.717, 1.165) is 55.8 Å². The van der Waals surface area contributed by atoms with Gasteiger partial charge in [-0.05, 0) is 50.8 Å². The van der Waals surface area contributed by atoms with Crippen LogP contribution in [0.2, 0.25) is 5.15 Å². The number of hydrogen-bond acceptors (Lipinski definition) is 12. The first-order valence-corrected chi connectivity index (χ1v) is 15.5. The molecule has 1 spiro atoms. The topological polar surface area (TPSA) is 142 Å². The number of anilines is 2. The van der Waals surface area contributed by atoms with Gasteiger partial charge in [0.2, 0.25) is 5.95 Å². The number of aromatic nitrogens is 5. The van der Waals surface area contributed by atoms with Crippen LogP contribution in [0.15, 0.2) is 6.07 Å². The molecule has 42 heavy (non-hydrogen) atoms. The van der Waals surface area contributed by atoms with E-state index in [4.69, 9.17) is 37.0 Å². The van der Waals surface area contributed by atoms with Gasteiger partial charge in [-0.15, -0.1) is 21.5 Å². The minimum atomic E-state index is -0.864. The van der Waals surface area contributed by atoms with E-state index < -0.39 is 6.17 Å². The molecule has 0 aromatic carbocycles. The van der Waals surface area contributed by atoms with Crippen LogP contribution in [-0.2, 0) is 11.8 Å². The molecule has 0 radical (unpaired) electrons. The second-order valence-corrected chi connectivity index (χ2v) is 13.5. The number of aryl methyl sites for hydroxylation is 1. The van der Waals surface area contributed by atoms with Gasteiger partial charge in [-0.3, -0.25) is 4.90 Å². The molecule has 3 aromatic heterocycles. The first-order chi connectivity index (χ1) is 20.2. The molecule has 3 fully saturated rings. The van der Waals surface area contributed by atoms with Gasteiger partial charge in [0.15, 0.2) is 16.8 Å². The van der Waals surface area contributed by atoms with Crippen LogP contribution in [0.3, 0.4) is 0 Å². The van der Waals surface area contributed by atoms with Gasteiger partial charge in [0.25, 0.3) is 0 Å². The van der Waals surface area contributed by atoms with Gasteiger partial charge in [0.05, 0.1) is 22.0 Å². The summed E-state index contributed by atoms with van der Waals surface area (Å²) in [6.07, 6.45) is 3.44. The summed E-state index contributed by atoms with van der Waals surface area (Å²) in [4.78, 5) is 20.3. The highest BCUT2D eigenvalue weighted by Crippen LogP contribution is 2.50. The monoisotopic (exact) mass is 610 g/mol. The van der Waals surface area contributed by atoms with Gasteiger partial charge in [-0.2, -0.15) is 20.2 Å². The maximum absolute atomic E-state index is 14.4. The van der Waals surface area contributed by atoms with Crippen molar-refractivity contribution in [3.63, 3.8) is 0 Å². The molecule has 3 atom stereocenters. The Bertz CT molecular complexity index is 1590. The summed E-state index contributed by atoms with van der Waals surface area (Å²) in [5.41, 5.74) is 8.25. The number of nitrogens with zero attached hydrogens (tertiary/aromatic N) is 8. The predicted octanol–water partition coefficient (Wildman–Crippen LogP) is 3.44. The first kappa shape index (κ1) is 27.6. The molecule has 0 amide bonds. The number of fused-ring (bicyclic) bond motifs is 3. The number of hydrogen-bond donors (Lipinski definition) is 2. The molecular weight excluding hydrogens is 579 g/mol. The summed E-state index contributed by atoms with van der Waals surface area (Å²) in [5, 5.41) is 21.8. The maximum atomic E-state index is 14.4. The van der Waals surface area contributed by atoms with Gasteiger partial charge in [-0.1, -0.05) is 11.6 Å². The number of nitriles is 1. The lowest BCUT2D eigenvalue weighted by atomic mass is 9.75. The molecule has 7 rings (SSSR count). The average molecular weight is 611 g/mol. The van der Waals surface area contributed by atoms with Crippen LogP contribution in [0.4, 0.5) is 16.2 Å². The summed E-state index contributed by atoms with van der Waals surface area (Å²) in [6, 6.07) is 3.98.